The number of hydrogen-bond acceptors (Lipinski definition) is 17. The van der Waals surface area contributed by atoms with Gasteiger partial charge >= 0.3 is 24.1 Å². The van der Waals surface area contributed by atoms with Gasteiger partial charge in [-0.3, -0.25) is 45.8 Å². The molecular weight excluding hydrogens is 1540 g/mol. The monoisotopic (exact) mass is 1630 g/mol. The molecule has 16 N–H and O–H groups in total. The van der Waals surface area contributed by atoms with E-state index in [-0.39, 0.29) is 41.6 Å². The molecule has 0 aliphatic rings. The number of H-pyrrole nitrogens is 4. The van der Waals surface area contributed by atoms with Crippen LogP contribution in [-0.2, 0) is 4.79 Å². The van der Waals surface area contributed by atoms with Gasteiger partial charge in [0.1, 0.15) is 11.2 Å². The highest BCUT2D eigenvalue weighted by Gasteiger charge is 2.25. The minimum Gasteiger partial charge on any atom is -0.394 e. The first kappa shape index (κ1) is 82.9. The summed E-state index contributed by atoms with van der Waals surface area (Å²) < 4.78 is 9.01. The number of pyridine rings is 7. The molecule has 121 heavy (non-hydrogen) atoms. The van der Waals surface area contributed by atoms with Crippen molar-refractivity contribution in [2.24, 2.45) is 0 Å². The molecule has 0 saturated heterocycles. The molecule has 0 bridgehead atoms. The highest BCUT2D eigenvalue weighted by molar-refractivity contribution is 5.98. The average Bonchev–Trinajstić information content (AvgIpc) is 1.68. The van der Waals surface area contributed by atoms with Crippen molar-refractivity contribution in [2.75, 3.05) is 77.5 Å². The van der Waals surface area contributed by atoms with E-state index in [1.165, 1.54) is 17.6 Å². The zero-order valence-corrected chi connectivity index (χ0v) is 67.7. The number of hydrogen-bond donors (Lipinski definition) is 15. The summed E-state index contributed by atoms with van der Waals surface area (Å²) in [6.45, 7) is 14.4. The second-order valence-electron chi connectivity index (χ2n) is 27.5. The number of aliphatic hydroxyl groups is 1. The summed E-state index contributed by atoms with van der Waals surface area (Å²) in [6, 6.07) is 42.4. The number of aliphatic hydroxyl groups excluding tert-OH is 1. The Labute approximate surface area is 693 Å². The van der Waals surface area contributed by atoms with Crippen LogP contribution >= 0.6 is 0 Å². The summed E-state index contributed by atoms with van der Waals surface area (Å²) in [5.74, 6) is 1.34. The maximum absolute atomic E-state index is 12.7. The van der Waals surface area contributed by atoms with Crippen LogP contribution in [0.1, 0.15) is 54.5 Å². The van der Waals surface area contributed by atoms with E-state index in [0.717, 1.165) is 95.0 Å². The van der Waals surface area contributed by atoms with Gasteiger partial charge in [0.2, 0.25) is 46.8 Å². The Kier molecular flexibility index (Phi) is 26.1. The molecule has 0 aliphatic carbocycles. The van der Waals surface area contributed by atoms with Gasteiger partial charge in [-0.15, -0.1) is 0 Å². The number of aromatic amines is 4. The zero-order chi connectivity index (χ0) is 85.2. The molecule has 0 radical (unpaired) electrons. The number of rotatable bonds is 20. The van der Waals surface area contributed by atoms with E-state index >= 15 is 0 Å². The fourth-order valence-electron chi connectivity index (χ4n) is 13.0. The molecule has 35 nitrogen and oxygen atoms in total. The Morgan fingerprint density at radius 1 is 0.479 bits per heavy atom. The first-order valence-electron chi connectivity index (χ1n) is 38.8. The molecule has 2 atom stereocenters. The molecule has 0 fully saturated rings. The van der Waals surface area contributed by atoms with Gasteiger partial charge in [0.25, 0.3) is 5.56 Å². The van der Waals surface area contributed by atoms with Crippen LogP contribution in [0.5, 0.6) is 0 Å². The minimum absolute atomic E-state index is 0.0646. The highest BCUT2D eigenvalue weighted by atomic mass is 16.3. The number of aromatic nitrogens is 17. The van der Waals surface area contributed by atoms with Crippen molar-refractivity contribution >= 4 is 115 Å². The third-order valence-corrected chi connectivity index (χ3v) is 19.1. The molecule has 614 valence electrons. The Hall–Kier alpha value is -16.1. The van der Waals surface area contributed by atoms with Crippen molar-refractivity contribution in [3.8, 4) is 67.3 Å². The van der Waals surface area contributed by atoms with E-state index in [0.29, 0.717) is 83.5 Å². The van der Waals surface area contributed by atoms with Gasteiger partial charge in [-0.2, -0.15) is 18.8 Å². The summed E-state index contributed by atoms with van der Waals surface area (Å²) in [6.07, 6.45) is 26.6. The lowest BCUT2D eigenvalue weighted by molar-refractivity contribution is -0.593. The fourth-order valence-corrected chi connectivity index (χ4v) is 13.0. The SMILES string of the molecule is CCNC(=O)Nc1nc2c(-[n+]3cccc(N(C)C(C)=O)c3)cc(-c3cccnc3)cc2[nH]1.CCNC(=O)Nc1nc2c(-[n+]3cccc(N)c3)cc(-c3cccnc3)cc2[nH]1.CCNC(=O)Nc1nc2c(-[n+]3cccc(NC)c3)cc(-c3cccnc3)cc2[nH]1.CCNC(=O)Nc1nc2c(-n3cccn3)cc(-c3ccn([C@@H](C)[C@H](C)O)c(=O)c3)cc2[nH]1. The van der Waals surface area contributed by atoms with E-state index in [9.17, 15) is 33.9 Å². The van der Waals surface area contributed by atoms with Crippen LogP contribution in [0, 0.1) is 0 Å². The number of benzene rings is 4. The molecular formula is C86H91N28O7+3. The van der Waals surface area contributed by atoms with Crippen LogP contribution in [0.15, 0.2) is 237 Å². The predicted octanol–water partition coefficient (Wildman–Crippen LogP) is 11.4. The van der Waals surface area contributed by atoms with Gasteiger partial charge in [-0.1, -0.05) is 18.2 Å². The smallest absolute Gasteiger partial charge is 0.321 e. The molecule has 16 rings (SSSR count). The summed E-state index contributed by atoms with van der Waals surface area (Å²) >= 11 is 0. The number of nitrogens with two attached hydrogens (primary N) is 1. The van der Waals surface area contributed by atoms with Crippen molar-refractivity contribution in [3.05, 3.63) is 243 Å². The van der Waals surface area contributed by atoms with Crippen molar-refractivity contribution in [2.45, 2.75) is 60.6 Å². The predicted molar refractivity (Wildman–Crippen MR) is 466 cm³/mol. The molecule has 12 heterocycles. The minimum atomic E-state index is -0.651. The third-order valence-electron chi connectivity index (χ3n) is 19.1. The molecule has 0 aliphatic heterocycles. The highest BCUT2D eigenvalue weighted by Crippen LogP contribution is 2.34. The third kappa shape index (κ3) is 20.1. The molecule has 4 aromatic carbocycles. The standard InChI is InChI=1S/C23H23N7O2.C22H25N7O3.C21H21N7O.C20H19N7O/c1-4-25-23(32)28-22-26-19-11-17(16-7-5-9-24-13-16)12-20(21(19)27-22)30-10-6-8-18(14-30)29(3)15(2)31;1-4-23-22(32)27-21-25-17-10-16(11-18(20(17)26-21)29-8-5-7-24-29)15-6-9-28(19(31)12-15)13(2)14(3)30;1-3-24-21(29)27-20-25-17-10-15(14-6-4-8-23-12-14)11-18(19(17)26-20)28-9-5-7-16(13-28)22-2;1-2-23-20(28)26-19-24-16-9-14(13-5-3-7-22-11-13)10-17(18(16)25-19)27-8-4-6-15(21)12-27/h5-14H,4H2,1-3H3,(H2-,25,26,27,28,32);5-14,30H,4H2,1-3H3,(H3,23,25,26,27,32);4-13,22H,3H2,1-2H3,(H2-,24,25,26,27,29);3-12H,2,21H2,1H3,(H2-,23,24,25,26,28)/p+3/t;13-,14-;;/m.0../s1. The fraction of sp³-hybridized carbons (Fsp3) is 0.174. The van der Waals surface area contributed by atoms with E-state index in [4.69, 9.17) is 5.73 Å². The lowest BCUT2D eigenvalue weighted by Crippen LogP contribution is -2.33. The number of carbonyl (C=O) groups excluding carboxylic acids is 5. The number of fused-ring (bicyclic) bond motifs is 4. The number of amides is 9. The number of carbonyl (C=O) groups is 5. The van der Waals surface area contributed by atoms with Crippen molar-refractivity contribution < 1.29 is 42.8 Å². The zero-order valence-electron chi connectivity index (χ0n) is 67.7. The van der Waals surface area contributed by atoms with Crippen LogP contribution in [0.3, 0.4) is 0 Å². The van der Waals surface area contributed by atoms with E-state index in [2.05, 4.69) is 114 Å². The topological polar surface area (TPSA) is 448 Å². The Morgan fingerprint density at radius 3 is 1.28 bits per heavy atom. The number of imidazole rings is 4. The maximum Gasteiger partial charge on any atom is 0.321 e. The first-order chi connectivity index (χ1) is 58.6. The summed E-state index contributed by atoms with van der Waals surface area (Å²) in [4.78, 5) is 117. The second-order valence-corrected chi connectivity index (χ2v) is 27.5. The van der Waals surface area contributed by atoms with Gasteiger partial charge in [0.15, 0.2) is 53.7 Å². The number of nitrogens with one attached hydrogen (secondary N) is 13. The van der Waals surface area contributed by atoms with E-state index < -0.39 is 6.10 Å². The molecule has 0 saturated carbocycles. The van der Waals surface area contributed by atoms with Crippen LogP contribution < -0.4 is 77.7 Å². The number of nitrogen functional groups attached to an aromatic ring is 1. The summed E-state index contributed by atoms with van der Waals surface area (Å²) in [7, 11) is 3.61. The van der Waals surface area contributed by atoms with Gasteiger partial charge < -0.3 is 66.8 Å². The van der Waals surface area contributed by atoms with Gasteiger partial charge in [0.05, 0.1) is 51.3 Å². The van der Waals surface area contributed by atoms with Crippen LogP contribution in [-0.4, -0.2) is 151 Å². The number of nitrogens with zero attached hydrogens (tertiary/aromatic N) is 14. The van der Waals surface area contributed by atoms with Crippen LogP contribution in [0.4, 0.5) is 60.0 Å². The van der Waals surface area contributed by atoms with E-state index in [1.54, 1.807) is 86.1 Å². The Morgan fingerprint density at radius 2 is 0.893 bits per heavy atom. The molecule has 35 heteroatoms. The van der Waals surface area contributed by atoms with Crippen molar-refractivity contribution in [1.29, 1.82) is 0 Å². The molecule has 0 spiro atoms. The Balaban J connectivity index is 0.000000139. The number of anilines is 7. The lowest BCUT2D eigenvalue weighted by atomic mass is 10.0. The largest absolute Gasteiger partial charge is 0.394 e. The second kappa shape index (κ2) is 38.1. The Bertz CT molecular complexity index is 6430. The maximum atomic E-state index is 12.7. The van der Waals surface area contributed by atoms with E-state index in [1.807, 2.05) is 213 Å². The first-order valence-corrected chi connectivity index (χ1v) is 38.8. The number of urea groups is 4. The summed E-state index contributed by atoms with van der Waals surface area (Å²) in [5, 5.41) is 38.9. The average molecular weight is 1630 g/mol. The molecule has 12 aromatic heterocycles. The molecule has 0 unspecified atom stereocenters. The van der Waals surface area contributed by atoms with Crippen molar-refractivity contribution in [3.63, 3.8) is 0 Å². The van der Waals surface area contributed by atoms with Crippen LogP contribution in [0.25, 0.3) is 111 Å². The molecule has 16 aromatic rings. The quantitative estimate of drug-likeness (QED) is 0.0315. The van der Waals surface area contributed by atoms with Crippen LogP contribution in [0.2, 0.25) is 0 Å². The summed E-state index contributed by atoms with van der Waals surface area (Å²) in [5.41, 5.74) is 24.5. The van der Waals surface area contributed by atoms with Crippen molar-refractivity contribution in [1.82, 2.24) is 90.4 Å². The lowest BCUT2D eigenvalue weighted by Gasteiger charge is -2.18. The normalized spacial score (nSPS) is 11.4. The molecule has 9 amide bonds. The van der Waals surface area contributed by atoms with Gasteiger partial charge in [0, 0.05) is 162 Å². The van der Waals surface area contributed by atoms with Gasteiger partial charge in [-0.05, 0) is 148 Å². The van der Waals surface area contributed by atoms with Gasteiger partial charge in [-0.25, -0.2) is 43.8 Å².